The van der Waals surface area contributed by atoms with Crippen molar-refractivity contribution >= 4 is 11.7 Å². The minimum Gasteiger partial charge on any atom is -0.481 e. The van der Waals surface area contributed by atoms with E-state index in [9.17, 15) is 4.79 Å². The Balaban J connectivity index is 2.23. The van der Waals surface area contributed by atoms with Crippen molar-refractivity contribution < 1.29 is 9.90 Å². The van der Waals surface area contributed by atoms with Gasteiger partial charge in [0.2, 0.25) is 0 Å². The van der Waals surface area contributed by atoms with Crippen molar-refractivity contribution in [3.63, 3.8) is 0 Å². The fraction of sp³-hybridized carbons (Fsp3) is 0.417. The van der Waals surface area contributed by atoms with Gasteiger partial charge in [-0.25, -0.2) is 0 Å². The van der Waals surface area contributed by atoms with Gasteiger partial charge in [0.05, 0.1) is 5.92 Å². The third-order valence-electron chi connectivity index (χ3n) is 3.12. The smallest absolute Gasteiger partial charge is 0.308 e. The highest BCUT2D eigenvalue weighted by Gasteiger charge is 2.29. The number of para-hydroxylation sites is 1. The molecule has 0 saturated carbocycles. The Morgan fingerprint density at radius 2 is 2.33 bits per heavy atom. The zero-order chi connectivity index (χ0) is 11.0. The summed E-state index contributed by atoms with van der Waals surface area (Å²) in [5, 5.41) is 12.3. The maximum absolute atomic E-state index is 10.9. The van der Waals surface area contributed by atoms with E-state index in [1.54, 1.807) is 6.92 Å². The topological polar surface area (TPSA) is 49.3 Å². The Kier molecular flexibility index (Phi) is 2.39. The van der Waals surface area contributed by atoms with E-state index in [-0.39, 0.29) is 12.0 Å². The number of carboxylic acids is 1. The second kappa shape index (κ2) is 3.57. The molecule has 0 radical (unpaired) electrons. The molecule has 0 amide bonds. The fourth-order valence-electron chi connectivity index (χ4n) is 2.05. The van der Waals surface area contributed by atoms with Crippen LogP contribution in [0.15, 0.2) is 18.2 Å². The quantitative estimate of drug-likeness (QED) is 0.777. The molecule has 0 aliphatic carbocycles. The number of carboxylic acid groups (broad SMARTS) is 1. The molecule has 1 aliphatic rings. The molecule has 80 valence electrons. The molecule has 0 bridgehead atoms. The lowest BCUT2D eigenvalue weighted by molar-refractivity contribution is -0.141. The van der Waals surface area contributed by atoms with Gasteiger partial charge in [-0.3, -0.25) is 4.79 Å². The lowest BCUT2D eigenvalue weighted by Gasteiger charge is -2.15. The number of carbonyl (C=O) groups is 1. The summed E-state index contributed by atoms with van der Waals surface area (Å²) in [7, 11) is 0. The average molecular weight is 205 g/mol. The Labute approximate surface area is 89.1 Å². The zero-order valence-electron chi connectivity index (χ0n) is 8.95. The predicted octanol–water partition coefficient (Wildman–Crippen LogP) is 2.05. The van der Waals surface area contributed by atoms with Crippen LogP contribution in [0.4, 0.5) is 5.69 Å². The summed E-state index contributed by atoms with van der Waals surface area (Å²) in [5.74, 6) is -1.09. The Hall–Kier alpha value is -1.51. The van der Waals surface area contributed by atoms with Gasteiger partial charge in [0.15, 0.2) is 0 Å². The third-order valence-corrected chi connectivity index (χ3v) is 3.12. The summed E-state index contributed by atoms with van der Waals surface area (Å²) < 4.78 is 0. The molecule has 1 aliphatic heterocycles. The number of aryl methyl sites for hydroxylation is 1. The molecule has 0 spiro atoms. The van der Waals surface area contributed by atoms with Gasteiger partial charge in [-0.15, -0.1) is 0 Å². The van der Waals surface area contributed by atoms with Gasteiger partial charge in [0, 0.05) is 11.7 Å². The van der Waals surface area contributed by atoms with E-state index in [1.165, 1.54) is 11.1 Å². The van der Waals surface area contributed by atoms with Crippen LogP contribution < -0.4 is 5.32 Å². The first-order valence-corrected chi connectivity index (χ1v) is 5.17. The van der Waals surface area contributed by atoms with Gasteiger partial charge in [0.1, 0.15) is 0 Å². The van der Waals surface area contributed by atoms with Crippen LogP contribution in [0.25, 0.3) is 0 Å². The molecule has 2 atom stereocenters. The van der Waals surface area contributed by atoms with Crippen LogP contribution in [0.1, 0.15) is 18.1 Å². The maximum Gasteiger partial charge on any atom is 0.308 e. The number of benzene rings is 1. The molecule has 0 saturated heterocycles. The van der Waals surface area contributed by atoms with Gasteiger partial charge in [0.25, 0.3) is 0 Å². The summed E-state index contributed by atoms with van der Waals surface area (Å²) >= 11 is 0. The van der Waals surface area contributed by atoms with Crippen molar-refractivity contribution in [1.82, 2.24) is 0 Å². The molecular formula is C12H15NO2. The van der Waals surface area contributed by atoms with Crippen LogP contribution in [-0.2, 0) is 11.2 Å². The van der Waals surface area contributed by atoms with E-state index in [0.717, 1.165) is 12.1 Å². The molecular weight excluding hydrogens is 190 g/mol. The normalized spacial score (nSPS) is 20.5. The van der Waals surface area contributed by atoms with Crippen LogP contribution >= 0.6 is 0 Å². The van der Waals surface area contributed by atoms with E-state index in [0.29, 0.717) is 0 Å². The monoisotopic (exact) mass is 205 g/mol. The molecule has 1 aromatic carbocycles. The Morgan fingerprint density at radius 3 is 2.93 bits per heavy atom. The molecule has 2 rings (SSSR count). The first kappa shape index (κ1) is 10.0. The van der Waals surface area contributed by atoms with Crippen molar-refractivity contribution in [3.05, 3.63) is 29.3 Å². The molecule has 1 heterocycles. The first-order valence-electron chi connectivity index (χ1n) is 5.17. The number of hydrogen-bond donors (Lipinski definition) is 2. The van der Waals surface area contributed by atoms with Gasteiger partial charge in [-0.05, 0) is 31.4 Å². The predicted molar refractivity (Wildman–Crippen MR) is 59.1 cm³/mol. The van der Waals surface area contributed by atoms with E-state index in [1.807, 2.05) is 19.1 Å². The molecule has 3 heteroatoms. The number of aliphatic carboxylic acids is 1. The molecule has 0 fully saturated rings. The van der Waals surface area contributed by atoms with Gasteiger partial charge in [-0.1, -0.05) is 18.2 Å². The average Bonchev–Trinajstić information content (AvgIpc) is 2.61. The first-order chi connectivity index (χ1) is 7.09. The fourth-order valence-corrected chi connectivity index (χ4v) is 2.05. The second-order valence-electron chi connectivity index (χ2n) is 4.19. The molecule has 2 N–H and O–H groups in total. The standard InChI is InChI=1S/C12H15NO2/c1-7-4-3-5-9-6-10(13-11(7)9)8(2)12(14)15/h3-5,8,10,13H,6H2,1-2H3,(H,14,15). The van der Waals surface area contributed by atoms with Crippen molar-refractivity contribution in [2.45, 2.75) is 26.3 Å². The highest BCUT2D eigenvalue weighted by Crippen LogP contribution is 2.31. The summed E-state index contributed by atoms with van der Waals surface area (Å²) in [6.07, 6.45) is 0.810. The van der Waals surface area contributed by atoms with Crippen LogP contribution in [0.5, 0.6) is 0 Å². The number of nitrogens with one attached hydrogen (secondary N) is 1. The van der Waals surface area contributed by atoms with Crippen LogP contribution in [-0.4, -0.2) is 17.1 Å². The van der Waals surface area contributed by atoms with Crippen LogP contribution in [0, 0.1) is 12.8 Å². The summed E-state index contributed by atoms with van der Waals surface area (Å²) in [6.45, 7) is 3.79. The van der Waals surface area contributed by atoms with Crippen molar-refractivity contribution in [2.75, 3.05) is 5.32 Å². The van der Waals surface area contributed by atoms with Gasteiger partial charge < -0.3 is 10.4 Å². The summed E-state index contributed by atoms with van der Waals surface area (Å²) in [6, 6.07) is 6.14. The van der Waals surface area contributed by atoms with E-state index in [4.69, 9.17) is 5.11 Å². The Morgan fingerprint density at radius 1 is 1.60 bits per heavy atom. The lowest BCUT2D eigenvalue weighted by atomic mass is 9.99. The number of fused-ring (bicyclic) bond motifs is 1. The lowest BCUT2D eigenvalue weighted by Crippen LogP contribution is -2.30. The van der Waals surface area contributed by atoms with Crippen molar-refractivity contribution in [3.8, 4) is 0 Å². The second-order valence-corrected chi connectivity index (χ2v) is 4.19. The number of hydrogen-bond acceptors (Lipinski definition) is 2. The molecule has 3 nitrogen and oxygen atoms in total. The molecule has 15 heavy (non-hydrogen) atoms. The van der Waals surface area contributed by atoms with Crippen molar-refractivity contribution in [1.29, 1.82) is 0 Å². The maximum atomic E-state index is 10.9. The van der Waals surface area contributed by atoms with E-state index >= 15 is 0 Å². The van der Waals surface area contributed by atoms with Gasteiger partial charge in [-0.2, -0.15) is 0 Å². The largest absolute Gasteiger partial charge is 0.481 e. The third kappa shape index (κ3) is 1.69. The van der Waals surface area contributed by atoms with Crippen molar-refractivity contribution in [2.24, 2.45) is 5.92 Å². The van der Waals surface area contributed by atoms with E-state index in [2.05, 4.69) is 11.4 Å². The summed E-state index contributed by atoms with van der Waals surface area (Å²) in [5.41, 5.74) is 3.54. The number of rotatable bonds is 2. The summed E-state index contributed by atoms with van der Waals surface area (Å²) in [4.78, 5) is 10.9. The molecule has 0 aromatic heterocycles. The minimum atomic E-state index is -0.738. The van der Waals surface area contributed by atoms with E-state index < -0.39 is 5.97 Å². The highest BCUT2D eigenvalue weighted by atomic mass is 16.4. The minimum absolute atomic E-state index is 0.0265. The molecule has 2 unspecified atom stereocenters. The van der Waals surface area contributed by atoms with Gasteiger partial charge >= 0.3 is 5.97 Å². The van der Waals surface area contributed by atoms with Crippen LogP contribution in [0.2, 0.25) is 0 Å². The van der Waals surface area contributed by atoms with Crippen LogP contribution in [0.3, 0.4) is 0 Å². The highest BCUT2D eigenvalue weighted by molar-refractivity contribution is 5.73. The molecule has 1 aromatic rings. The Bertz CT molecular complexity index is 401. The zero-order valence-corrected chi connectivity index (χ0v) is 8.95. The number of anilines is 1. The SMILES string of the molecule is Cc1cccc2c1NC(C(C)C(=O)O)C2.